The van der Waals surface area contributed by atoms with Crippen LogP contribution in [0.1, 0.15) is 46.0 Å². The molecule has 1 aliphatic heterocycles. The molecule has 17 heavy (non-hydrogen) atoms. The summed E-state index contributed by atoms with van der Waals surface area (Å²) in [6.45, 7) is 7.20. The first kappa shape index (κ1) is 12.9. The van der Waals surface area contributed by atoms with Crippen LogP contribution in [0.4, 0.5) is 0 Å². The zero-order valence-electron chi connectivity index (χ0n) is 11.2. The van der Waals surface area contributed by atoms with Gasteiger partial charge in [-0.3, -0.25) is 4.79 Å². The maximum Gasteiger partial charge on any atom is 0.239 e. The number of nitrogens with zero attached hydrogens (tertiary/aromatic N) is 1. The van der Waals surface area contributed by atoms with E-state index in [-0.39, 0.29) is 6.04 Å². The lowest BCUT2D eigenvalue weighted by atomic mass is 9.85. The quantitative estimate of drug-likeness (QED) is 0.812. The highest BCUT2D eigenvalue weighted by atomic mass is 16.2. The van der Waals surface area contributed by atoms with E-state index in [2.05, 4.69) is 24.1 Å². The number of carbonyl (C=O) groups is 1. The lowest BCUT2D eigenvalue weighted by Gasteiger charge is -2.36. The average molecular weight is 238 g/mol. The molecule has 1 heterocycles. The van der Waals surface area contributed by atoms with Crippen LogP contribution >= 0.6 is 0 Å². The molecular formula is C14H26N2O. The van der Waals surface area contributed by atoms with E-state index in [0.717, 1.165) is 32.0 Å². The summed E-state index contributed by atoms with van der Waals surface area (Å²) in [5.74, 6) is 1.80. The van der Waals surface area contributed by atoms with Gasteiger partial charge in [0.2, 0.25) is 5.91 Å². The molecule has 2 rings (SSSR count). The molecule has 0 aromatic rings. The van der Waals surface area contributed by atoms with Crippen molar-refractivity contribution >= 4 is 5.91 Å². The Balaban J connectivity index is 1.86. The molecule has 0 bridgehead atoms. The van der Waals surface area contributed by atoms with Gasteiger partial charge in [0.15, 0.2) is 0 Å². The third-order valence-electron chi connectivity index (χ3n) is 4.36. The molecule has 0 aromatic heterocycles. The summed E-state index contributed by atoms with van der Waals surface area (Å²) in [6, 6.07) is 0.0822. The van der Waals surface area contributed by atoms with Crippen LogP contribution in [0, 0.1) is 11.8 Å². The van der Waals surface area contributed by atoms with Gasteiger partial charge in [-0.15, -0.1) is 0 Å². The number of hydrogen-bond donors (Lipinski definition) is 1. The Morgan fingerprint density at radius 1 is 1.35 bits per heavy atom. The molecule has 0 spiro atoms. The third kappa shape index (κ3) is 3.21. The molecule has 0 radical (unpaired) electrons. The topological polar surface area (TPSA) is 32.3 Å². The maximum absolute atomic E-state index is 12.4. The third-order valence-corrected chi connectivity index (χ3v) is 4.36. The summed E-state index contributed by atoms with van der Waals surface area (Å²) in [6.07, 6.45) is 6.21. The SMILES string of the molecule is CCN(CC1CCC1)C(=O)C1CC(C)CCN1. The van der Waals surface area contributed by atoms with Crippen LogP contribution < -0.4 is 5.32 Å². The molecule has 1 N–H and O–H groups in total. The van der Waals surface area contributed by atoms with E-state index in [4.69, 9.17) is 0 Å². The molecule has 2 atom stereocenters. The van der Waals surface area contributed by atoms with Gasteiger partial charge >= 0.3 is 0 Å². The minimum Gasteiger partial charge on any atom is -0.341 e. The number of piperidine rings is 1. The second kappa shape index (κ2) is 5.85. The second-order valence-electron chi connectivity index (χ2n) is 5.81. The molecule has 2 aliphatic rings. The summed E-state index contributed by atoms with van der Waals surface area (Å²) >= 11 is 0. The molecular weight excluding hydrogens is 212 g/mol. The zero-order chi connectivity index (χ0) is 12.3. The Morgan fingerprint density at radius 3 is 2.65 bits per heavy atom. The summed E-state index contributed by atoms with van der Waals surface area (Å²) < 4.78 is 0. The van der Waals surface area contributed by atoms with Gasteiger partial charge in [0.25, 0.3) is 0 Å². The first-order chi connectivity index (χ1) is 8.20. The highest BCUT2D eigenvalue weighted by Gasteiger charge is 2.30. The number of nitrogens with one attached hydrogen (secondary N) is 1. The van der Waals surface area contributed by atoms with Crippen LogP contribution in [0.3, 0.4) is 0 Å². The monoisotopic (exact) mass is 238 g/mol. The average Bonchev–Trinajstić information content (AvgIpc) is 2.27. The number of carbonyl (C=O) groups excluding carboxylic acids is 1. The normalized spacial score (nSPS) is 29.8. The van der Waals surface area contributed by atoms with Crippen LogP contribution in [-0.4, -0.2) is 36.5 Å². The number of rotatable bonds is 4. The minimum absolute atomic E-state index is 0.0822. The van der Waals surface area contributed by atoms with Crippen LogP contribution in [0.2, 0.25) is 0 Å². The van der Waals surface area contributed by atoms with Crippen LogP contribution in [-0.2, 0) is 4.79 Å². The van der Waals surface area contributed by atoms with E-state index in [0.29, 0.717) is 11.8 Å². The first-order valence-electron chi connectivity index (χ1n) is 7.23. The lowest BCUT2D eigenvalue weighted by molar-refractivity contribution is -0.135. The highest BCUT2D eigenvalue weighted by Crippen LogP contribution is 2.27. The lowest BCUT2D eigenvalue weighted by Crippen LogP contribution is -2.51. The van der Waals surface area contributed by atoms with Crippen molar-refractivity contribution < 1.29 is 4.79 Å². The van der Waals surface area contributed by atoms with E-state index in [1.165, 1.54) is 25.7 Å². The van der Waals surface area contributed by atoms with Crippen molar-refractivity contribution in [1.29, 1.82) is 0 Å². The van der Waals surface area contributed by atoms with Crippen molar-refractivity contribution in [3.8, 4) is 0 Å². The van der Waals surface area contributed by atoms with Crippen molar-refractivity contribution in [3.63, 3.8) is 0 Å². The minimum atomic E-state index is 0.0822. The van der Waals surface area contributed by atoms with Crippen molar-refractivity contribution in [2.45, 2.75) is 52.0 Å². The van der Waals surface area contributed by atoms with E-state index in [1.807, 2.05) is 0 Å². The van der Waals surface area contributed by atoms with E-state index in [1.54, 1.807) is 0 Å². The Bertz CT molecular complexity index is 263. The predicted octanol–water partition coefficient (Wildman–Crippen LogP) is 2.02. The Kier molecular flexibility index (Phi) is 4.43. The van der Waals surface area contributed by atoms with Gasteiger partial charge < -0.3 is 10.2 Å². The standard InChI is InChI=1S/C14H26N2O/c1-3-16(10-12-5-4-6-12)14(17)13-9-11(2)7-8-15-13/h11-13,15H,3-10H2,1-2H3. The molecule has 3 heteroatoms. The fourth-order valence-corrected chi connectivity index (χ4v) is 2.88. The van der Waals surface area contributed by atoms with Crippen LogP contribution in [0.25, 0.3) is 0 Å². The first-order valence-corrected chi connectivity index (χ1v) is 7.23. The smallest absolute Gasteiger partial charge is 0.239 e. The van der Waals surface area contributed by atoms with E-state index >= 15 is 0 Å². The summed E-state index contributed by atoms with van der Waals surface area (Å²) in [5, 5.41) is 3.38. The molecule has 2 fully saturated rings. The number of hydrogen-bond acceptors (Lipinski definition) is 2. The predicted molar refractivity (Wildman–Crippen MR) is 69.8 cm³/mol. The molecule has 1 saturated carbocycles. The van der Waals surface area contributed by atoms with E-state index < -0.39 is 0 Å². The summed E-state index contributed by atoms with van der Waals surface area (Å²) in [7, 11) is 0. The maximum atomic E-state index is 12.4. The summed E-state index contributed by atoms with van der Waals surface area (Å²) in [4.78, 5) is 14.5. The van der Waals surface area contributed by atoms with Crippen LogP contribution in [0.5, 0.6) is 0 Å². The summed E-state index contributed by atoms with van der Waals surface area (Å²) in [5.41, 5.74) is 0. The van der Waals surface area contributed by atoms with Crippen molar-refractivity contribution in [3.05, 3.63) is 0 Å². The van der Waals surface area contributed by atoms with E-state index in [9.17, 15) is 4.79 Å². The van der Waals surface area contributed by atoms with Crippen molar-refractivity contribution in [2.24, 2.45) is 11.8 Å². The zero-order valence-corrected chi connectivity index (χ0v) is 11.2. The second-order valence-corrected chi connectivity index (χ2v) is 5.81. The van der Waals surface area contributed by atoms with Crippen molar-refractivity contribution in [2.75, 3.05) is 19.6 Å². The van der Waals surface area contributed by atoms with Gasteiger partial charge in [-0.1, -0.05) is 13.3 Å². The van der Waals surface area contributed by atoms with Crippen LogP contribution in [0.15, 0.2) is 0 Å². The molecule has 0 aromatic carbocycles. The van der Waals surface area contributed by atoms with Gasteiger partial charge in [0, 0.05) is 13.1 Å². The Labute approximate surface area is 105 Å². The largest absolute Gasteiger partial charge is 0.341 e. The van der Waals surface area contributed by atoms with Gasteiger partial charge in [-0.25, -0.2) is 0 Å². The Hall–Kier alpha value is -0.570. The molecule has 3 nitrogen and oxygen atoms in total. The van der Waals surface area contributed by atoms with Gasteiger partial charge in [-0.05, 0) is 51.0 Å². The van der Waals surface area contributed by atoms with Gasteiger partial charge in [-0.2, -0.15) is 0 Å². The fraction of sp³-hybridized carbons (Fsp3) is 0.929. The van der Waals surface area contributed by atoms with Gasteiger partial charge in [0.1, 0.15) is 0 Å². The molecule has 1 amide bonds. The molecule has 1 saturated heterocycles. The highest BCUT2D eigenvalue weighted by molar-refractivity contribution is 5.82. The fourth-order valence-electron chi connectivity index (χ4n) is 2.88. The Morgan fingerprint density at radius 2 is 2.12 bits per heavy atom. The molecule has 1 aliphatic carbocycles. The molecule has 98 valence electrons. The molecule has 2 unspecified atom stereocenters. The van der Waals surface area contributed by atoms with Crippen molar-refractivity contribution in [1.82, 2.24) is 10.2 Å². The van der Waals surface area contributed by atoms with Gasteiger partial charge in [0.05, 0.1) is 6.04 Å². The number of amides is 1. The number of likely N-dealkylation sites (N-methyl/N-ethyl adjacent to an activating group) is 1.